The summed E-state index contributed by atoms with van der Waals surface area (Å²) in [6.45, 7) is 0. The maximum atomic E-state index is 2.32. The molecule has 14 heavy (non-hydrogen) atoms. The van der Waals surface area contributed by atoms with E-state index >= 15 is 0 Å². The maximum absolute atomic E-state index is 2.32. The summed E-state index contributed by atoms with van der Waals surface area (Å²) in [5.41, 5.74) is 0. The van der Waals surface area contributed by atoms with Gasteiger partial charge >= 0.3 is 0 Å². The van der Waals surface area contributed by atoms with Gasteiger partial charge in [-0.05, 0) is 22.9 Å². The van der Waals surface area contributed by atoms with Crippen LogP contribution < -0.4 is 9.75 Å². The van der Waals surface area contributed by atoms with Gasteiger partial charge in [-0.25, -0.2) is 0 Å². The van der Waals surface area contributed by atoms with Crippen LogP contribution in [0.25, 0.3) is 11.0 Å². The van der Waals surface area contributed by atoms with Crippen LogP contribution in [-0.4, -0.2) is 5.75 Å². The maximum Gasteiger partial charge on any atom is 0.0354 e. The van der Waals surface area contributed by atoms with Crippen molar-refractivity contribution in [3.63, 3.8) is 0 Å². The second kappa shape index (κ2) is 3.65. The molecule has 0 aromatic carbocycles. The Morgan fingerprint density at radius 1 is 1.29 bits per heavy atom. The van der Waals surface area contributed by atoms with E-state index in [0.29, 0.717) is 0 Å². The van der Waals surface area contributed by atoms with Gasteiger partial charge in [0.05, 0.1) is 0 Å². The molecule has 0 fully saturated rings. The van der Waals surface area contributed by atoms with Gasteiger partial charge in [0, 0.05) is 25.3 Å². The lowest BCUT2D eigenvalue weighted by molar-refractivity contribution is 1.70. The molecule has 0 radical (unpaired) electrons. The van der Waals surface area contributed by atoms with Crippen molar-refractivity contribution < 1.29 is 0 Å². The van der Waals surface area contributed by atoms with Crippen LogP contribution in [0.2, 0.25) is 0 Å². The number of hydrogen-bond acceptors (Lipinski definition) is 3. The minimum absolute atomic E-state index is 1.13. The molecular weight excluding hydrogens is 228 g/mol. The number of hydrogen-bond donors (Lipinski definition) is 0. The quantitative estimate of drug-likeness (QED) is 0.679. The van der Waals surface area contributed by atoms with E-state index in [1.54, 1.807) is 0 Å². The predicted molar refractivity (Wildman–Crippen MR) is 68.7 cm³/mol. The van der Waals surface area contributed by atoms with Crippen LogP contribution in [0.5, 0.6) is 0 Å². The number of thioether (sulfide) groups is 2. The largest absolute Gasteiger partial charge is 0.144 e. The Morgan fingerprint density at radius 2 is 2.29 bits per heavy atom. The van der Waals surface area contributed by atoms with E-state index in [2.05, 4.69) is 35.1 Å². The van der Waals surface area contributed by atoms with Crippen LogP contribution in [0.3, 0.4) is 0 Å². The lowest BCUT2D eigenvalue weighted by atomic mass is 10.3. The Labute approximate surface area is 95.1 Å². The molecule has 2 aliphatic rings. The standard InChI is InChI=1S/C11H8S3/c1-2-9-8(3-6-13-9)11-10(12-5-1)4-7-14-11/h1-6H,7H2/b5-1-,9-2+,11-8+. The molecule has 0 N–H and O–H groups in total. The Hall–Kier alpha value is -0.380. The van der Waals surface area contributed by atoms with Crippen molar-refractivity contribution in [2.45, 2.75) is 0 Å². The van der Waals surface area contributed by atoms with Gasteiger partial charge < -0.3 is 0 Å². The Morgan fingerprint density at radius 3 is 3.29 bits per heavy atom. The topological polar surface area (TPSA) is 0 Å². The second-order valence-corrected chi connectivity index (χ2v) is 5.95. The Balaban J connectivity index is 2.42. The first-order valence-corrected chi connectivity index (χ1v) is 7.14. The molecule has 70 valence electrons. The average Bonchev–Trinajstić information content (AvgIpc) is 2.75. The number of rotatable bonds is 0. The Kier molecular flexibility index (Phi) is 2.32. The Bertz CT molecular complexity index is 531. The zero-order valence-electron chi connectivity index (χ0n) is 7.40. The molecule has 0 spiro atoms. The van der Waals surface area contributed by atoms with Crippen LogP contribution in [0.4, 0.5) is 0 Å². The van der Waals surface area contributed by atoms with Crippen molar-refractivity contribution in [1.29, 1.82) is 0 Å². The van der Waals surface area contributed by atoms with E-state index in [9.17, 15) is 0 Å². The zero-order valence-corrected chi connectivity index (χ0v) is 9.85. The van der Waals surface area contributed by atoms with Crippen molar-refractivity contribution in [2.24, 2.45) is 0 Å². The van der Waals surface area contributed by atoms with Crippen LogP contribution in [-0.2, 0) is 0 Å². The number of thiophene rings is 1. The normalized spacial score (nSPS) is 27.7. The van der Waals surface area contributed by atoms with Crippen LogP contribution in [0.15, 0.2) is 33.9 Å². The fraction of sp³-hybridized carbons (Fsp3) is 0.0909. The first-order chi connectivity index (χ1) is 6.95. The zero-order chi connectivity index (χ0) is 9.38. The van der Waals surface area contributed by atoms with Crippen LogP contribution in [0, 0.1) is 0 Å². The molecule has 0 saturated carbocycles. The molecule has 0 unspecified atom stereocenters. The highest BCUT2D eigenvalue weighted by atomic mass is 32.2. The average molecular weight is 236 g/mol. The highest BCUT2D eigenvalue weighted by molar-refractivity contribution is 8.14. The fourth-order valence-corrected chi connectivity index (χ4v) is 4.53. The van der Waals surface area contributed by atoms with Crippen molar-refractivity contribution in [2.75, 3.05) is 5.75 Å². The summed E-state index contributed by atoms with van der Waals surface area (Å²) in [5.74, 6) is 1.13. The highest BCUT2D eigenvalue weighted by Gasteiger charge is 2.13. The molecule has 0 bridgehead atoms. The van der Waals surface area contributed by atoms with Gasteiger partial charge in [0.2, 0.25) is 0 Å². The van der Waals surface area contributed by atoms with Gasteiger partial charge in [-0.15, -0.1) is 23.1 Å². The fourth-order valence-electron chi connectivity index (χ4n) is 1.55. The van der Waals surface area contributed by atoms with E-state index in [0.717, 1.165) is 5.75 Å². The van der Waals surface area contributed by atoms with E-state index < -0.39 is 0 Å². The summed E-state index contributed by atoms with van der Waals surface area (Å²) in [5, 5.41) is 5.76. The minimum atomic E-state index is 1.13. The lowest BCUT2D eigenvalue weighted by Crippen LogP contribution is -2.20. The van der Waals surface area contributed by atoms with Crippen LogP contribution in [0.1, 0.15) is 0 Å². The molecule has 3 rings (SSSR count). The van der Waals surface area contributed by atoms with E-state index in [1.807, 2.05) is 34.9 Å². The second-order valence-electron chi connectivity index (χ2n) is 3.02. The SMILES string of the molecule is C1=C2S\C=C/C=c3/scc/c3=C/2SC1. The van der Waals surface area contributed by atoms with Gasteiger partial charge in [0.1, 0.15) is 0 Å². The molecule has 0 atom stereocenters. The third-order valence-corrected chi connectivity index (χ3v) is 5.17. The van der Waals surface area contributed by atoms with E-state index in [4.69, 9.17) is 0 Å². The molecular formula is C11H8S3. The monoisotopic (exact) mass is 236 g/mol. The molecule has 3 heterocycles. The van der Waals surface area contributed by atoms with E-state index in [-0.39, 0.29) is 0 Å². The molecule has 0 aliphatic carbocycles. The lowest BCUT2D eigenvalue weighted by Gasteiger charge is -2.01. The predicted octanol–water partition coefficient (Wildman–Crippen LogP) is 2.53. The van der Waals surface area contributed by atoms with Crippen molar-refractivity contribution in [1.82, 2.24) is 0 Å². The first-order valence-electron chi connectivity index (χ1n) is 4.40. The number of fused-ring (bicyclic) bond motifs is 2. The van der Waals surface area contributed by atoms with Gasteiger partial charge in [-0.1, -0.05) is 23.9 Å². The highest BCUT2D eigenvalue weighted by Crippen LogP contribution is 2.39. The van der Waals surface area contributed by atoms with Gasteiger partial charge in [0.25, 0.3) is 0 Å². The van der Waals surface area contributed by atoms with Gasteiger partial charge in [-0.2, -0.15) is 0 Å². The first kappa shape index (κ1) is 8.89. The summed E-state index contributed by atoms with van der Waals surface area (Å²) in [6, 6.07) is 2.23. The molecule has 0 amide bonds. The molecule has 3 heteroatoms. The van der Waals surface area contributed by atoms with Gasteiger partial charge in [0.15, 0.2) is 0 Å². The molecule has 1 aromatic rings. The molecule has 0 nitrogen and oxygen atoms in total. The van der Waals surface area contributed by atoms with E-state index in [1.165, 1.54) is 19.6 Å². The smallest absolute Gasteiger partial charge is 0.0354 e. The third kappa shape index (κ3) is 1.40. The minimum Gasteiger partial charge on any atom is -0.144 e. The van der Waals surface area contributed by atoms with Crippen LogP contribution >= 0.6 is 34.9 Å². The summed E-state index contributed by atoms with van der Waals surface area (Å²) in [6.07, 6.45) is 6.66. The summed E-state index contributed by atoms with van der Waals surface area (Å²) in [4.78, 5) is 2.89. The molecule has 1 aromatic heterocycles. The summed E-state index contributed by atoms with van der Waals surface area (Å²) in [7, 11) is 0. The molecule has 2 aliphatic heterocycles. The summed E-state index contributed by atoms with van der Waals surface area (Å²) < 4.78 is 1.39. The summed E-state index contributed by atoms with van der Waals surface area (Å²) >= 11 is 5.60. The molecule has 0 saturated heterocycles. The number of allylic oxidation sites excluding steroid dienone is 1. The third-order valence-electron chi connectivity index (χ3n) is 2.18. The van der Waals surface area contributed by atoms with Crippen molar-refractivity contribution in [3.05, 3.63) is 43.7 Å². The van der Waals surface area contributed by atoms with Gasteiger partial charge in [-0.3, -0.25) is 0 Å². The van der Waals surface area contributed by atoms with Crippen molar-refractivity contribution in [3.8, 4) is 0 Å². The van der Waals surface area contributed by atoms with Crippen molar-refractivity contribution >= 4 is 45.8 Å².